The van der Waals surface area contributed by atoms with Crippen molar-refractivity contribution in [1.29, 1.82) is 0 Å². The number of amides is 1. The number of carbonyl (C=O) groups excluding carboxylic acids is 1. The lowest BCUT2D eigenvalue weighted by molar-refractivity contribution is 0.0745. The largest absolute Gasteiger partial charge is 0.394 e. The Morgan fingerprint density at radius 1 is 1.33 bits per heavy atom. The molecule has 0 heterocycles. The van der Waals surface area contributed by atoms with Crippen LogP contribution in [0.2, 0.25) is 0 Å². The van der Waals surface area contributed by atoms with E-state index in [0.717, 1.165) is 12.1 Å². The number of benzene rings is 1. The molecule has 0 aliphatic rings. The number of hydrogen-bond donors (Lipinski definition) is 1. The van der Waals surface area contributed by atoms with E-state index in [1.54, 1.807) is 4.90 Å². The van der Waals surface area contributed by atoms with Crippen LogP contribution in [-0.4, -0.2) is 23.9 Å². The molecule has 0 atom stereocenters. The summed E-state index contributed by atoms with van der Waals surface area (Å²) in [5.74, 6) is -1.90. The van der Waals surface area contributed by atoms with Gasteiger partial charge in [0, 0.05) is 18.7 Å². The normalized spacial score (nSPS) is 10.8. The van der Waals surface area contributed by atoms with Crippen LogP contribution >= 0.6 is 0 Å². The Bertz CT molecular complexity index is 424. The summed E-state index contributed by atoms with van der Waals surface area (Å²) in [6.45, 7) is 6.80. The van der Waals surface area contributed by atoms with E-state index >= 15 is 0 Å². The molecule has 1 aromatic carbocycles. The van der Waals surface area contributed by atoms with Crippen molar-refractivity contribution in [2.24, 2.45) is 5.92 Å². The van der Waals surface area contributed by atoms with Gasteiger partial charge in [0.1, 0.15) is 17.3 Å². The van der Waals surface area contributed by atoms with Crippen molar-refractivity contribution in [3.05, 3.63) is 29.3 Å². The average molecular weight is 256 g/mol. The number of hydrogen-bond acceptors (Lipinski definition) is 2. The van der Waals surface area contributed by atoms with Gasteiger partial charge >= 0.3 is 0 Å². The van der Waals surface area contributed by atoms with Gasteiger partial charge in [0.2, 0.25) is 0 Å². The topological polar surface area (TPSA) is 46.3 Å². The molecule has 100 valence electrons. The van der Waals surface area contributed by atoms with Crippen LogP contribution in [0.25, 0.3) is 0 Å². The Labute approximate surface area is 106 Å². The summed E-state index contributed by atoms with van der Waals surface area (Å²) in [6, 6.07) is 1.95. The third-order valence-electron chi connectivity index (χ3n) is 2.58. The number of halogens is 2. The van der Waals surface area contributed by atoms with Gasteiger partial charge in [0.15, 0.2) is 0 Å². The molecule has 0 bridgehead atoms. The second-order valence-electron chi connectivity index (χ2n) is 4.59. The van der Waals surface area contributed by atoms with Crippen LogP contribution in [0.1, 0.15) is 31.1 Å². The molecule has 1 amide bonds. The zero-order valence-electron chi connectivity index (χ0n) is 10.8. The molecule has 0 fully saturated rings. The van der Waals surface area contributed by atoms with Crippen molar-refractivity contribution in [3.8, 4) is 0 Å². The van der Waals surface area contributed by atoms with Crippen molar-refractivity contribution < 1.29 is 13.6 Å². The van der Waals surface area contributed by atoms with Crippen molar-refractivity contribution in [2.45, 2.75) is 20.8 Å². The molecular weight excluding hydrogens is 238 g/mol. The molecule has 0 saturated heterocycles. The van der Waals surface area contributed by atoms with Gasteiger partial charge in [-0.25, -0.2) is 8.78 Å². The van der Waals surface area contributed by atoms with Crippen molar-refractivity contribution in [1.82, 2.24) is 4.90 Å². The van der Waals surface area contributed by atoms with Crippen LogP contribution < -0.4 is 5.73 Å². The van der Waals surface area contributed by atoms with Gasteiger partial charge in [-0.15, -0.1) is 0 Å². The molecule has 0 aromatic heterocycles. The summed E-state index contributed by atoms with van der Waals surface area (Å²) in [7, 11) is 0. The second-order valence-corrected chi connectivity index (χ2v) is 4.59. The quantitative estimate of drug-likeness (QED) is 0.842. The lowest BCUT2D eigenvalue weighted by atomic mass is 10.1. The summed E-state index contributed by atoms with van der Waals surface area (Å²) in [6.07, 6.45) is 0. The van der Waals surface area contributed by atoms with E-state index in [-0.39, 0.29) is 17.4 Å². The summed E-state index contributed by atoms with van der Waals surface area (Å²) in [5.41, 5.74) is 4.60. The minimum atomic E-state index is -0.904. The number of carbonyl (C=O) groups is 1. The molecule has 2 N–H and O–H groups in total. The highest BCUT2D eigenvalue weighted by molar-refractivity contribution is 5.94. The van der Waals surface area contributed by atoms with E-state index in [1.165, 1.54) is 0 Å². The van der Waals surface area contributed by atoms with Crippen molar-refractivity contribution in [2.75, 3.05) is 18.8 Å². The Balaban J connectivity index is 3.02. The standard InChI is InChI=1S/C13H18F2N2O/c1-4-17(7-8(2)3)13(18)9-5-10(14)12(16)11(15)6-9/h5-6,8H,4,7,16H2,1-3H3. The summed E-state index contributed by atoms with van der Waals surface area (Å²) < 4.78 is 26.6. The van der Waals surface area contributed by atoms with E-state index in [2.05, 4.69) is 0 Å². The maximum atomic E-state index is 13.3. The van der Waals surface area contributed by atoms with Crippen molar-refractivity contribution in [3.63, 3.8) is 0 Å². The minimum Gasteiger partial charge on any atom is -0.394 e. The molecule has 1 rings (SSSR count). The zero-order valence-corrected chi connectivity index (χ0v) is 10.8. The fraction of sp³-hybridized carbons (Fsp3) is 0.462. The first-order chi connectivity index (χ1) is 8.36. The minimum absolute atomic E-state index is 0.0123. The molecule has 0 aliphatic carbocycles. The first-order valence-electron chi connectivity index (χ1n) is 5.90. The highest BCUT2D eigenvalue weighted by Gasteiger charge is 2.18. The molecule has 0 spiro atoms. The van der Waals surface area contributed by atoms with Crippen LogP contribution in [0.15, 0.2) is 12.1 Å². The van der Waals surface area contributed by atoms with E-state index in [0.29, 0.717) is 13.1 Å². The monoisotopic (exact) mass is 256 g/mol. The van der Waals surface area contributed by atoms with Gasteiger partial charge in [0.05, 0.1) is 0 Å². The van der Waals surface area contributed by atoms with E-state index < -0.39 is 17.3 Å². The van der Waals surface area contributed by atoms with Crippen molar-refractivity contribution >= 4 is 11.6 Å². The van der Waals surface area contributed by atoms with Gasteiger partial charge in [-0.3, -0.25) is 4.79 Å². The zero-order chi connectivity index (χ0) is 13.9. The highest BCUT2D eigenvalue weighted by Crippen LogP contribution is 2.18. The number of nitrogen functional groups attached to an aromatic ring is 1. The first-order valence-corrected chi connectivity index (χ1v) is 5.90. The predicted octanol–water partition coefficient (Wildman–Crippen LogP) is 2.67. The summed E-state index contributed by atoms with van der Waals surface area (Å²) in [4.78, 5) is 13.6. The SMILES string of the molecule is CCN(CC(C)C)C(=O)c1cc(F)c(N)c(F)c1. The fourth-order valence-corrected chi connectivity index (χ4v) is 1.69. The fourth-order valence-electron chi connectivity index (χ4n) is 1.69. The molecule has 3 nitrogen and oxygen atoms in total. The van der Waals surface area contributed by atoms with E-state index in [4.69, 9.17) is 5.73 Å². The van der Waals surface area contributed by atoms with Gasteiger partial charge in [-0.05, 0) is 25.0 Å². The number of nitrogens with two attached hydrogens (primary N) is 1. The molecule has 0 saturated carbocycles. The summed E-state index contributed by atoms with van der Waals surface area (Å²) >= 11 is 0. The Kier molecular flexibility index (Phi) is 4.64. The number of nitrogens with zero attached hydrogens (tertiary/aromatic N) is 1. The summed E-state index contributed by atoms with van der Waals surface area (Å²) in [5, 5.41) is 0. The van der Waals surface area contributed by atoms with Gasteiger partial charge in [-0.2, -0.15) is 0 Å². The van der Waals surface area contributed by atoms with Gasteiger partial charge < -0.3 is 10.6 Å². The third kappa shape index (κ3) is 3.18. The smallest absolute Gasteiger partial charge is 0.254 e. The molecule has 1 aromatic rings. The van der Waals surface area contributed by atoms with E-state index in [9.17, 15) is 13.6 Å². The molecular formula is C13H18F2N2O. The van der Waals surface area contributed by atoms with Crippen LogP contribution in [-0.2, 0) is 0 Å². The molecule has 0 radical (unpaired) electrons. The Hall–Kier alpha value is -1.65. The average Bonchev–Trinajstić information content (AvgIpc) is 2.31. The lowest BCUT2D eigenvalue weighted by Gasteiger charge is -2.23. The lowest BCUT2D eigenvalue weighted by Crippen LogP contribution is -2.34. The van der Waals surface area contributed by atoms with Crippen LogP contribution in [0.5, 0.6) is 0 Å². The number of anilines is 1. The van der Waals surface area contributed by atoms with Crippen LogP contribution in [0.4, 0.5) is 14.5 Å². The molecule has 18 heavy (non-hydrogen) atoms. The molecule has 0 aliphatic heterocycles. The second kappa shape index (κ2) is 5.80. The third-order valence-corrected chi connectivity index (χ3v) is 2.58. The maximum absolute atomic E-state index is 13.3. The maximum Gasteiger partial charge on any atom is 0.254 e. The molecule has 0 unspecified atom stereocenters. The molecule has 5 heteroatoms. The van der Waals surface area contributed by atoms with Gasteiger partial charge in [0.25, 0.3) is 5.91 Å². The van der Waals surface area contributed by atoms with Crippen LogP contribution in [0, 0.1) is 17.6 Å². The number of rotatable bonds is 4. The van der Waals surface area contributed by atoms with Gasteiger partial charge in [-0.1, -0.05) is 13.8 Å². The predicted molar refractivity (Wildman–Crippen MR) is 67.2 cm³/mol. The van der Waals surface area contributed by atoms with E-state index in [1.807, 2.05) is 20.8 Å². The Morgan fingerprint density at radius 2 is 1.83 bits per heavy atom. The first kappa shape index (κ1) is 14.4. The Morgan fingerprint density at radius 3 is 2.22 bits per heavy atom. The highest BCUT2D eigenvalue weighted by atomic mass is 19.1. The van der Waals surface area contributed by atoms with Crippen LogP contribution in [0.3, 0.4) is 0 Å².